The molecule has 1 aromatic carbocycles. The Labute approximate surface area is 292 Å². The minimum Gasteiger partial charge on any atom is -0.494 e. The third-order valence-electron chi connectivity index (χ3n) is 7.42. The summed E-state index contributed by atoms with van der Waals surface area (Å²) in [6, 6.07) is 2.22. The molecule has 2 N–H and O–H groups in total. The molecule has 56 heavy (non-hydrogen) atoms. The predicted molar refractivity (Wildman–Crippen MR) is 129 cm³/mol. The fraction of sp³-hybridized carbons (Fsp3) is 0.692. The number of ether oxygens (including phenoxy) is 1. The number of alkyl halides is 25. The summed E-state index contributed by atoms with van der Waals surface area (Å²) in [7, 11) is 0. The lowest BCUT2D eigenvalue weighted by Crippen LogP contribution is -2.78. The molecule has 0 atom stereocenters. The number of unbranched alkanes of at least 4 members (excludes halogenated alkanes) is 3. The van der Waals surface area contributed by atoms with Crippen molar-refractivity contribution in [1.29, 1.82) is 0 Å². The van der Waals surface area contributed by atoms with E-state index < -0.39 is 139 Å². The van der Waals surface area contributed by atoms with Crippen LogP contribution in [-0.2, 0) is 0 Å². The van der Waals surface area contributed by atoms with Gasteiger partial charge in [-0.05, 0) is 31.0 Å². The standard InChI is InChI=1S/C26H17F25O5/c27-15(28,5-3-1-2-4-6-56-12-8-10(13(52)53)7-11(9-12)14(54)55)16(29,30)17(31,32)18(33,34)19(35,36)20(37,38)21(39,40)22(41,42)23(43,44)24(45,46)25(47,48)26(49,50)51/h7-9H,1-6H2,(H,52,53)(H,54,55). The van der Waals surface area contributed by atoms with Gasteiger partial charge in [-0.2, -0.15) is 110 Å². The van der Waals surface area contributed by atoms with Gasteiger partial charge >= 0.3 is 83.3 Å². The lowest BCUT2D eigenvalue weighted by atomic mass is 9.84. The van der Waals surface area contributed by atoms with E-state index in [1.165, 1.54) is 0 Å². The van der Waals surface area contributed by atoms with E-state index in [1.807, 2.05) is 0 Å². The van der Waals surface area contributed by atoms with Gasteiger partial charge in [0.2, 0.25) is 0 Å². The molecule has 0 aliphatic carbocycles. The number of hydrogen-bond acceptors (Lipinski definition) is 3. The van der Waals surface area contributed by atoms with E-state index >= 15 is 0 Å². The Morgan fingerprint density at radius 3 is 1.00 bits per heavy atom. The largest absolute Gasteiger partial charge is 0.494 e. The SMILES string of the molecule is O=C(O)c1cc(OCCCCCCC(F)(F)C(F)(F)C(F)(F)C(F)(F)C(F)(F)C(F)(F)C(F)(F)C(F)(F)C(F)(F)C(F)(F)C(F)(F)C(F)(F)F)cc(C(=O)O)c1. The van der Waals surface area contributed by atoms with E-state index in [0.29, 0.717) is 6.07 Å². The number of halogens is 25. The van der Waals surface area contributed by atoms with Gasteiger partial charge in [-0.25, -0.2) is 9.59 Å². The summed E-state index contributed by atoms with van der Waals surface area (Å²) in [6.45, 7) is -0.583. The third-order valence-corrected chi connectivity index (χ3v) is 7.42. The monoisotopic (exact) mass is 884 g/mol. The summed E-state index contributed by atoms with van der Waals surface area (Å²) in [5.41, 5.74) is -1.26. The molecule has 0 saturated heterocycles. The molecular formula is C26H17F25O5. The molecule has 0 bridgehead atoms. The summed E-state index contributed by atoms with van der Waals surface area (Å²) in [5.74, 6) is -102. The Balaban J connectivity index is 3.31. The van der Waals surface area contributed by atoms with Gasteiger partial charge < -0.3 is 14.9 Å². The first-order chi connectivity index (χ1) is 24.4. The maximum Gasteiger partial charge on any atom is 0.460 e. The highest BCUT2D eigenvalue weighted by Gasteiger charge is 2.99. The zero-order chi connectivity index (χ0) is 45.0. The molecule has 0 aliphatic rings. The van der Waals surface area contributed by atoms with Crippen molar-refractivity contribution < 1.29 is 134 Å². The Kier molecular flexibility index (Phi) is 13.3. The zero-order valence-corrected chi connectivity index (χ0v) is 26.0. The molecule has 0 amide bonds. The Morgan fingerprint density at radius 1 is 0.411 bits per heavy atom. The molecular weight excluding hydrogens is 867 g/mol. The first-order valence-electron chi connectivity index (χ1n) is 13.9. The van der Waals surface area contributed by atoms with Crippen molar-refractivity contribution in [2.75, 3.05) is 6.61 Å². The average Bonchev–Trinajstić information content (AvgIpc) is 3.02. The van der Waals surface area contributed by atoms with E-state index in [0.717, 1.165) is 12.1 Å². The van der Waals surface area contributed by atoms with Crippen LogP contribution in [0.25, 0.3) is 0 Å². The van der Waals surface area contributed by atoms with Gasteiger partial charge in [0.15, 0.2) is 0 Å². The van der Waals surface area contributed by atoms with E-state index in [1.54, 1.807) is 0 Å². The molecule has 0 spiro atoms. The molecule has 0 fully saturated rings. The number of benzene rings is 1. The quantitative estimate of drug-likeness (QED) is 0.101. The van der Waals surface area contributed by atoms with Crippen LogP contribution in [0.2, 0.25) is 0 Å². The maximum atomic E-state index is 14.1. The number of carboxylic acids is 2. The Morgan fingerprint density at radius 2 is 0.696 bits per heavy atom. The fourth-order valence-corrected chi connectivity index (χ4v) is 4.06. The Bertz CT molecular complexity index is 1550. The molecule has 0 heterocycles. The molecule has 0 saturated carbocycles. The van der Waals surface area contributed by atoms with E-state index in [2.05, 4.69) is 0 Å². The van der Waals surface area contributed by atoms with Crippen LogP contribution in [0.1, 0.15) is 52.8 Å². The molecule has 1 rings (SSSR count). The van der Waals surface area contributed by atoms with Crippen molar-refractivity contribution >= 4 is 11.9 Å². The van der Waals surface area contributed by atoms with Gasteiger partial charge in [0.1, 0.15) is 5.75 Å². The lowest BCUT2D eigenvalue weighted by molar-refractivity contribution is -0.482. The molecule has 0 aromatic heterocycles. The van der Waals surface area contributed by atoms with Crippen LogP contribution in [0.15, 0.2) is 18.2 Å². The van der Waals surface area contributed by atoms with Gasteiger partial charge in [-0.15, -0.1) is 0 Å². The first kappa shape index (κ1) is 50.2. The normalized spacial score (nSPS) is 15.2. The molecule has 5 nitrogen and oxygen atoms in total. The summed E-state index contributed by atoms with van der Waals surface area (Å²) in [6.07, 6.45) is -14.4. The Hall–Kier alpha value is -3.79. The highest BCUT2D eigenvalue weighted by atomic mass is 19.4. The fourth-order valence-electron chi connectivity index (χ4n) is 4.06. The lowest BCUT2D eigenvalue weighted by Gasteiger charge is -2.45. The van der Waals surface area contributed by atoms with Crippen LogP contribution in [0, 0.1) is 0 Å². The predicted octanol–water partition coefficient (Wildman–Crippen LogP) is 11.0. The summed E-state index contributed by atoms with van der Waals surface area (Å²) >= 11 is 0. The number of aromatic carboxylic acids is 2. The third kappa shape index (κ3) is 7.63. The second-order valence-corrected chi connectivity index (χ2v) is 11.3. The van der Waals surface area contributed by atoms with Crippen molar-refractivity contribution in [3.8, 4) is 5.75 Å². The smallest absolute Gasteiger partial charge is 0.460 e. The topological polar surface area (TPSA) is 83.8 Å². The van der Waals surface area contributed by atoms with Gasteiger partial charge in [0, 0.05) is 6.42 Å². The second kappa shape index (κ2) is 14.9. The zero-order valence-electron chi connectivity index (χ0n) is 26.0. The van der Waals surface area contributed by atoms with E-state index in [-0.39, 0.29) is 0 Å². The van der Waals surface area contributed by atoms with Gasteiger partial charge in [-0.1, -0.05) is 12.8 Å². The summed E-state index contributed by atoms with van der Waals surface area (Å²) in [5, 5.41) is 17.9. The molecule has 0 radical (unpaired) electrons. The minimum absolute atomic E-state index is 0.394. The number of rotatable bonds is 20. The van der Waals surface area contributed by atoms with Crippen LogP contribution < -0.4 is 4.74 Å². The number of carbonyl (C=O) groups is 2. The molecule has 30 heteroatoms. The van der Waals surface area contributed by atoms with Crippen molar-refractivity contribution in [2.24, 2.45) is 0 Å². The van der Waals surface area contributed by atoms with Crippen molar-refractivity contribution in [2.45, 2.75) is 103 Å². The van der Waals surface area contributed by atoms with Gasteiger partial charge in [-0.3, -0.25) is 0 Å². The van der Waals surface area contributed by atoms with Crippen molar-refractivity contribution in [1.82, 2.24) is 0 Å². The summed E-state index contributed by atoms with van der Waals surface area (Å²) < 4.78 is 344. The van der Waals surface area contributed by atoms with Crippen molar-refractivity contribution in [3.63, 3.8) is 0 Å². The van der Waals surface area contributed by atoms with Crippen LogP contribution >= 0.6 is 0 Å². The van der Waals surface area contributed by atoms with Gasteiger partial charge in [0.05, 0.1) is 17.7 Å². The van der Waals surface area contributed by atoms with E-state index in [4.69, 9.17) is 14.9 Å². The van der Waals surface area contributed by atoms with E-state index in [9.17, 15) is 119 Å². The molecule has 1 aromatic rings. The molecule has 0 aliphatic heterocycles. The average molecular weight is 884 g/mol. The molecule has 326 valence electrons. The first-order valence-corrected chi connectivity index (χ1v) is 13.9. The second-order valence-electron chi connectivity index (χ2n) is 11.3. The number of carboxylic acid groups (broad SMARTS) is 2. The highest BCUT2D eigenvalue weighted by molar-refractivity contribution is 5.94. The van der Waals surface area contributed by atoms with Crippen LogP contribution in [-0.4, -0.2) is 100 Å². The molecule has 0 unspecified atom stereocenters. The van der Waals surface area contributed by atoms with Crippen LogP contribution in [0.5, 0.6) is 5.75 Å². The van der Waals surface area contributed by atoms with Crippen molar-refractivity contribution in [3.05, 3.63) is 29.3 Å². The highest BCUT2D eigenvalue weighted by Crippen LogP contribution is 2.68. The minimum atomic E-state index is -9.64. The van der Waals surface area contributed by atoms with Gasteiger partial charge in [0.25, 0.3) is 0 Å². The summed E-state index contributed by atoms with van der Waals surface area (Å²) in [4.78, 5) is 22.1. The van der Waals surface area contributed by atoms with Crippen LogP contribution in [0.4, 0.5) is 110 Å². The number of hydrogen-bond donors (Lipinski definition) is 2. The maximum absolute atomic E-state index is 14.1. The van der Waals surface area contributed by atoms with Crippen LogP contribution in [0.3, 0.4) is 0 Å².